The smallest absolute Gasteiger partial charge is 0.423 e. The first-order chi connectivity index (χ1) is 7.02. The Bertz CT molecular complexity index is 333. The minimum absolute atomic E-state index is 0.189. The monoisotopic (exact) mass is 211 g/mol. The van der Waals surface area contributed by atoms with Crippen LogP contribution in [-0.2, 0) is 6.54 Å². The van der Waals surface area contributed by atoms with Gasteiger partial charge >= 0.3 is 7.12 Å². The van der Waals surface area contributed by atoms with Crippen molar-refractivity contribution < 1.29 is 14.4 Å². The van der Waals surface area contributed by atoms with Crippen LogP contribution in [0.15, 0.2) is 18.2 Å². The quantitative estimate of drug-likeness (QED) is 0.686. The molecule has 0 fully saturated rings. The van der Waals surface area contributed by atoms with Crippen LogP contribution >= 0.6 is 0 Å². The highest BCUT2D eigenvalue weighted by atomic mass is 19.1. The van der Waals surface area contributed by atoms with Gasteiger partial charge < -0.3 is 14.9 Å². The van der Waals surface area contributed by atoms with Crippen LogP contribution in [0.25, 0.3) is 0 Å². The fraction of sp³-hybridized carbons (Fsp3) is 0.400. The third-order valence-electron chi connectivity index (χ3n) is 2.27. The van der Waals surface area contributed by atoms with Gasteiger partial charge in [0.2, 0.25) is 0 Å². The summed E-state index contributed by atoms with van der Waals surface area (Å²) in [4.78, 5) is 2.00. The summed E-state index contributed by atoms with van der Waals surface area (Å²) in [6, 6.07) is 4.12. The third kappa shape index (κ3) is 3.62. The number of benzene rings is 1. The lowest BCUT2D eigenvalue weighted by atomic mass is 9.79. The van der Waals surface area contributed by atoms with E-state index >= 15 is 0 Å². The average Bonchev–Trinajstić information content (AvgIpc) is 2.16. The van der Waals surface area contributed by atoms with Crippen molar-refractivity contribution in [2.75, 3.05) is 13.6 Å². The van der Waals surface area contributed by atoms with Crippen LogP contribution in [0, 0.1) is 5.82 Å². The summed E-state index contributed by atoms with van der Waals surface area (Å²) in [5.74, 6) is -0.444. The molecule has 0 aliphatic heterocycles. The number of halogens is 1. The number of hydrogen-bond donors (Lipinski definition) is 2. The molecular weight excluding hydrogens is 196 g/mol. The molecule has 1 aromatic rings. The molecule has 0 bridgehead atoms. The first kappa shape index (κ1) is 12.2. The van der Waals surface area contributed by atoms with Gasteiger partial charge in [0, 0.05) is 6.54 Å². The second-order valence-electron chi connectivity index (χ2n) is 3.60. The van der Waals surface area contributed by atoms with E-state index in [0.29, 0.717) is 6.54 Å². The highest BCUT2D eigenvalue weighted by molar-refractivity contribution is 6.58. The molecule has 3 nitrogen and oxygen atoms in total. The summed E-state index contributed by atoms with van der Waals surface area (Å²) in [5.41, 5.74) is 0.928. The van der Waals surface area contributed by atoms with Gasteiger partial charge in [0.25, 0.3) is 0 Å². The molecule has 0 saturated heterocycles. The molecule has 0 aliphatic carbocycles. The van der Waals surface area contributed by atoms with Crippen molar-refractivity contribution in [3.63, 3.8) is 0 Å². The van der Waals surface area contributed by atoms with Gasteiger partial charge in [-0.3, -0.25) is 0 Å². The van der Waals surface area contributed by atoms with Crippen LogP contribution in [-0.4, -0.2) is 35.7 Å². The highest BCUT2D eigenvalue weighted by Crippen LogP contribution is 2.05. The van der Waals surface area contributed by atoms with E-state index < -0.39 is 12.9 Å². The van der Waals surface area contributed by atoms with E-state index in [1.807, 2.05) is 18.9 Å². The largest absolute Gasteiger partial charge is 0.488 e. The molecule has 0 unspecified atom stereocenters. The number of rotatable bonds is 4. The molecule has 5 heteroatoms. The van der Waals surface area contributed by atoms with Gasteiger partial charge in [0.05, 0.1) is 0 Å². The lowest BCUT2D eigenvalue weighted by Crippen LogP contribution is -2.31. The summed E-state index contributed by atoms with van der Waals surface area (Å²) in [6.07, 6.45) is 0. The Morgan fingerprint density at radius 1 is 1.33 bits per heavy atom. The Hall–Kier alpha value is -0.905. The van der Waals surface area contributed by atoms with Gasteiger partial charge in [-0.25, -0.2) is 4.39 Å². The van der Waals surface area contributed by atoms with Crippen molar-refractivity contribution in [2.45, 2.75) is 13.5 Å². The predicted molar refractivity (Wildman–Crippen MR) is 58.2 cm³/mol. The number of nitrogens with zero attached hydrogens (tertiary/aromatic N) is 1. The minimum Gasteiger partial charge on any atom is -0.423 e. The maximum absolute atomic E-state index is 13.1. The lowest BCUT2D eigenvalue weighted by molar-refractivity contribution is 0.345. The van der Waals surface area contributed by atoms with Crippen molar-refractivity contribution in [1.82, 2.24) is 4.90 Å². The summed E-state index contributed by atoms with van der Waals surface area (Å²) in [7, 11) is 0.298. The van der Waals surface area contributed by atoms with Crippen LogP contribution in [0.3, 0.4) is 0 Å². The van der Waals surface area contributed by atoms with E-state index in [4.69, 9.17) is 10.0 Å². The average molecular weight is 211 g/mol. The Morgan fingerprint density at radius 2 is 2.00 bits per heavy atom. The van der Waals surface area contributed by atoms with Crippen molar-refractivity contribution in [1.29, 1.82) is 0 Å². The predicted octanol–water partition coefficient (Wildman–Crippen LogP) is -0.0428. The maximum Gasteiger partial charge on any atom is 0.488 e. The van der Waals surface area contributed by atoms with E-state index in [2.05, 4.69) is 0 Å². The van der Waals surface area contributed by atoms with Crippen molar-refractivity contribution in [3.05, 3.63) is 29.6 Å². The molecule has 1 aromatic carbocycles. The van der Waals surface area contributed by atoms with E-state index in [-0.39, 0.29) is 5.46 Å². The SMILES string of the molecule is CCN(C)Cc1cc(F)cc(B(O)O)c1. The molecule has 2 N–H and O–H groups in total. The van der Waals surface area contributed by atoms with Crippen LogP contribution < -0.4 is 5.46 Å². The summed E-state index contributed by atoms with van der Waals surface area (Å²) < 4.78 is 13.1. The van der Waals surface area contributed by atoms with Gasteiger partial charge in [0.1, 0.15) is 5.82 Å². The highest BCUT2D eigenvalue weighted by Gasteiger charge is 2.13. The first-order valence-electron chi connectivity index (χ1n) is 4.87. The first-order valence-corrected chi connectivity index (χ1v) is 4.87. The topological polar surface area (TPSA) is 43.7 Å². The Kier molecular flexibility index (Phi) is 4.26. The fourth-order valence-corrected chi connectivity index (χ4v) is 1.34. The van der Waals surface area contributed by atoms with Crippen LogP contribution in [0.1, 0.15) is 12.5 Å². The van der Waals surface area contributed by atoms with Gasteiger partial charge in [-0.15, -0.1) is 0 Å². The second kappa shape index (κ2) is 5.25. The van der Waals surface area contributed by atoms with Crippen molar-refractivity contribution >= 4 is 12.6 Å². The standard InChI is InChI=1S/C10H15BFNO2/c1-3-13(2)7-8-4-9(11(14)15)6-10(12)5-8/h4-6,14-15H,3,7H2,1-2H3. The Labute approximate surface area is 89.3 Å². The van der Waals surface area contributed by atoms with Crippen molar-refractivity contribution in [2.24, 2.45) is 0 Å². The lowest BCUT2D eigenvalue weighted by Gasteiger charge is -2.14. The molecular formula is C10H15BFNO2. The van der Waals surface area contributed by atoms with Gasteiger partial charge in [-0.05, 0) is 36.8 Å². The zero-order valence-electron chi connectivity index (χ0n) is 8.94. The normalized spacial score (nSPS) is 10.8. The molecule has 0 saturated carbocycles. The Morgan fingerprint density at radius 3 is 2.53 bits per heavy atom. The van der Waals surface area contributed by atoms with Crippen LogP contribution in [0.4, 0.5) is 4.39 Å². The second-order valence-corrected chi connectivity index (χ2v) is 3.60. The molecule has 1 rings (SSSR count). The van der Waals surface area contributed by atoms with E-state index in [1.165, 1.54) is 6.07 Å². The molecule has 0 aliphatic rings. The van der Waals surface area contributed by atoms with Crippen LogP contribution in [0.2, 0.25) is 0 Å². The van der Waals surface area contributed by atoms with Crippen LogP contribution in [0.5, 0.6) is 0 Å². The van der Waals surface area contributed by atoms with Gasteiger partial charge in [-0.1, -0.05) is 13.0 Å². The molecule has 82 valence electrons. The summed E-state index contributed by atoms with van der Waals surface area (Å²) in [6.45, 7) is 3.45. The van der Waals surface area contributed by atoms with Gasteiger partial charge in [-0.2, -0.15) is 0 Å². The summed E-state index contributed by atoms with van der Waals surface area (Å²) >= 11 is 0. The third-order valence-corrected chi connectivity index (χ3v) is 2.27. The molecule has 15 heavy (non-hydrogen) atoms. The summed E-state index contributed by atoms with van der Waals surface area (Å²) in [5, 5.41) is 17.9. The molecule has 0 spiro atoms. The number of hydrogen-bond acceptors (Lipinski definition) is 3. The Balaban J connectivity index is 2.88. The van der Waals surface area contributed by atoms with Crippen molar-refractivity contribution in [3.8, 4) is 0 Å². The molecule has 0 aromatic heterocycles. The minimum atomic E-state index is -1.62. The fourth-order valence-electron chi connectivity index (χ4n) is 1.34. The van der Waals surface area contributed by atoms with E-state index in [1.54, 1.807) is 6.07 Å². The maximum atomic E-state index is 13.1. The van der Waals surface area contributed by atoms with E-state index in [9.17, 15) is 4.39 Å². The molecule has 0 amide bonds. The zero-order valence-corrected chi connectivity index (χ0v) is 8.94. The van der Waals surface area contributed by atoms with Gasteiger partial charge in [0.15, 0.2) is 0 Å². The zero-order chi connectivity index (χ0) is 11.4. The molecule has 0 heterocycles. The molecule has 0 atom stereocenters. The van der Waals surface area contributed by atoms with E-state index in [0.717, 1.165) is 18.2 Å². The molecule has 0 radical (unpaired) electrons.